The molecule has 2 aromatic carbocycles. The Labute approximate surface area is 142 Å². The van der Waals surface area contributed by atoms with Crippen LogP contribution in [0, 0.1) is 0 Å². The number of carbonyl (C=O) groups excluding carboxylic acids is 1. The highest BCUT2D eigenvalue weighted by molar-refractivity contribution is 5.85. The summed E-state index contributed by atoms with van der Waals surface area (Å²) >= 11 is 0. The number of aliphatic hydroxyl groups is 1. The van der Waals surface area contributed by atoms with E-state index >= 15 is 0 Å². The minimum Gasteiger partial charge on any atom is -0.461 e. The third-order valence-corrected chi connectivity index (χ3v) is 4.76. The molecule has 1 N–H and O–H groups in total. The van der Waals surface area contributed by atoms with Crippen molar-refractivity contribution in [1.29, 1.82) is 0 Å². The average Bonchev–Trinajstić information content (AvgIpc) is 3.05. The Bertz CT molecular complexity index is 632. The minimum atomic E-state index is -1.79. The molecule has 1 atom stereocenters. The molecule has 1 unspecified atom stereocenters. The van der Waals surface area contributed by atoms with E-state index in [9.17, 15) is 9.90 Å². The SMILES string of the molecule is CN1CCCC1COC(=O)C(O)(c1ccccc1)c1ccccc1. The van der Waals surface area contributed by atoms with Crippen LogP contribution in [0.4, 0.5) is 0 Å². The first kappa shape index (κ1) is 16.7. The zero-order valence-corrected chi connectivity index (χ0v) is 13.9. The molecule has 0 aliphatic carbocycles. The fraction of sp³-hybridized carbons (Fsp3) is 0.350. The number of likely N-dealkylation sites (tertiary alicyclic amines) is 1. The van der Waals surface area contributed by atoms with Crippen LogP contribution in [0.2, 0.25) is 0 Å². The number of nitrogens with zero attached hydrogens (tertiary/aromatic N) is 1. The third kappa shape index (κ3) is 3.21. The van der Waals surface area contributed by atoms with Crippen LogP contribution in [-0.2, 0) is 15.1 Å². The van der Waals surface area contributed by atoms with Gasteiger partial charge in [-0.3, -0.25) is 0 Å². The van der Waals surface area contributed by atoms with Crippen LogP contribution in [0.15, 0.2) is 60.7 Å². The van der Waals surface area contributed by atoms with Gasteiger partial charge in [-0.05, 0) is 37.6 Å². The monoisotopic (exact) mass is 325 g/mol. The fourth-order valence-electron chi connectivity index (χ4n) is 3.23. The van der Waals surface area contributed by atoms with Crippen molar-refractivity contribution in [1.82, 2.24) is 4.90 Å². The largest absolute Gasteiger partial charge is 0.461 e. The molecule has 1 fully saturated rings. The second kappa shape index (κ2) is 7.16. The Balaban J connectivity index is 1.86. The Kier molecular flexibility index (Phi) is 4.97. The number of hydrogen-bond donors (Lipinski definition) is 1. The topological polar surface area (TPSA) is 49.8 Å². The van der Waals surface area contributed by atoms with E-state index in [1.807, 2.05) is 19.2 Å². The van der Waals surface area contributed by atoms with Crippen LogP contribution < -0.4 is 0 Å². The molecule has 0 spiro atoms. The third-order valence-electron chi connectivity index (χ3n) is 4.76. The van der Waals surface area contributed by atoms with E-state index in [0.717, 1.165) is 19.4 Å². The van der Waals surface area contributed by atoms with Gasteiger partial charge in [0.05, 0.1) is 0 Å². The van der Waals surface area contributed by atoms with Gasteiger partial charge in [0.2, 0.25) is 5.60 Å². The van der Waals surface area contributed by atoms with Gasteiger partial charge in [-0.2, -0.15) is 0 Å². The zero-order chi connectivity index (χ0) is 17.0. The van der Waals surface area contributed by atoms with Gasteiger partial charge < -0.3 is 14.7 Å². The van der Waals surface area contributed by atoms with Gasteiger partial charge in [0.15, 0.2) is 0 Å². The summed E-state index contributed by atoms with van der Waals surface area (Å²) in [6, 6.07) is 18.1. The Hall–Kier alpha value is -2.17. The molecule has 1 heterocycles. The van der Waals surface area contributed by atoms with Crippen molar-refractivity contribution in [3.05, 3.63) is 71.8 Å². The fourth-order valence-corrected chi connectivity index (χ4v) is 3.23. The molecule has 0 saturated carbocycles. The van der Waals surface area contributed by atoms with Crippen molar-refractivity contribution in [2.24, 2.45) is 0 Å². The molecular weight excluding hydrogens is 302 g/mol. The molecule has 24 heavy (non-hydrogen) atoms. The summed E-state index contributed by atoms with van der Waals surface area (Å²) in [5.74, 6) is -0.625. The molecule has 0 bridgehead atoms. The van der Waals surface area contributed by atoms with E-state index in [0.29, 0.717) is 17.7 Å². The quantitative estimate of drug-likeness (QED) is 0.859. The van der Waals surface area contributed by atoms with Crippen LogP contribution >= 0.6 is 0 Å². The molecule has 1 aliphatic rings. The lowest BCUT2D eigenvalue weighted by molar-refractivity contribution is -0.163. The number of carbonyl (C=O) groups is 1. The number of likely N-dealkylation sites (N-methyl/N-ethyl adjacent to an activating group) is 1. The molecule has 126 valence electrons. The number of esters is 1. The standard InChI is InChI=1S/C20H23NO3/c1-21-14-8-13-18(21)15-24-19(22)20(23,16-9-4-2-5-10-16)17-11-6-3-7-12-17/h2-7,9-12,18,23H,8,13-15H2,1H3. The van der Waals surface area contributed by atoms with Crippen molar-refractivity contribution in [3.8, 4) is 0 Å². The highest BCUT2D eigenvalue weighted by atomic mass is 16.6. The van der Waals surface area contributed by atoms with Gasteiger partial charge in [-0.1, -0.05) is 60.7 Å². The van der Waals surface area contributed by atoms with Gasteiger partial charge >= 0.3 is 5.97 Å². The van der Waals surface area contributed by atoms with Gasteiger partial charge in [0, 0.05) is 6.04 Å². The van der Waals surface area contributed by atoms with E-state index < -0.39 is 11.6 Å². The lowest BCUT2D eigenvalue weighted by atomic mass is 9.86. The van der Waals surface area contributed by atoms with E-state index in [4.69, 9.17) is 4.74 Å². The molecular formula is C20H23NO3. The van der Waals surface area contributed by atoms with Crippen LogP contribution in [0.5, 0.6) is 0 Å². The summed E-state index contributed by atoms with van der Waals surface area (Å²) in [5.41, 5.74) is -0.762. The molecule has 2 aromatic rings. The summed E-state index contributed by atoms with van der Waals surface area (Å²) in [4.78, 5) is 15.0. The van der Waals surface area contributed by atoms with Crippen molar-refractivity contribution < 1.29 is 14.6 Å². The van der Waals surface area contributed by atoms with E-state index in [-0.39, 0.29) is 6.04 Å². The second-order valence-corrected chi connectivity index (χ2v) is 6.32. The van der Waals surface area contributed by atoms with Crippen LogP contribution in [0.25, 0.3) is 0 Å². The Morgan fingerprint density at radius 1 is 1.12 bits per heavy atom. The zero-order valence-electron chi connectivity index (χ0n) is 13.9. The molecule has 4 nitrogen and oxygen atoms in total. The van der Waals surface area contributed by atoms with Crippen molar-refractivity contribution >= 4 is 5.97 Å². The lowest BCUT2D eigenvalue weighted by Gasteiger charge is -2.28. The first-order valence-electron chi connectivity index (χ1n) is 8.33. The minimum absolute atomic E-state index is 0.227. The smallest absolute Gasteiger partial charge is 0.347 e. The summed E-state index contributed by atoms with van der Waals surface area (Å²) in [7, 11) is 2.03. The van der Waals surface area contributed by atoms with E-state index in [1.54, 1.807) is 48.5 Å². The first-order chi connectivity index (χ1) is 11.6. The number of benzene rings is 2. The molecule has 1 aliphatic heterocycles. The first-order valence-corrected chi connectivity index (χ1v) is 8.33. The summed E-state index contributed by atoms with van der Waals surface area (Å²) in [5, 5.41) is 11.3. The van der Waals surface area contributed by atoms with Gasteiger partial charge in [-0.25, -0.2) is 4.79 Å². The number of ether oxygens (including phenoxy) is 1. The summed E-state index contributed by atoms with van der Waals surface area (Å²) in [6.45, 7) is 1.32. The van der Waals surface area contributed by atoms with Gasteiger partial charge in [0.25, 0.3) is 0 Å². The highest BCUT2D eigenvalue weighted by Gasteiger charge is 2.42. The summed E-state index contributed by atoms with van der Waals surface area (Å²) < 4.78 is 5.54. The van der Waals surface area contributed by atoms with E-state index in [2.05, 4.69) is 4.90 Å². The Morgan fingerprint density at radius 2 is 1.67 bits per heavy atom. The van der Waals surface area contributed by atoms with Gasteiger partial charge in [-0.15, -0.1) is 0 Å². The van der Waals surface area contributed by atoms with Crippen LogP contribution in [0.3, 0.4) is 0 Å². The molecule has 0 radical (unpaired) electrons. The predicted octanol–water partition coefficient (Wildman–Crippen LogP) is 2.56. The van der Waals surface area contributed by atoms with Crippen molar-refractivity contribution in [2.75, 3.05) is 20.2 Å². The van der Waals surface area contributed by atoms with Gasteiger partial charge in [0.1, 0.15) is 6.61 Å². The average molecular weight is 325 g/mol. The lowest BCUT2D eigenvalue weighted by Crippen LogP contribution is -2.41. The second-order valence-electron chi connectivity index (χ2n) is 6.32. The highest BCUT2D eigenvalue weighted by Crippen LogP contribution is 2.31. The molecule has 0 amide bonds. The molecule has 1 saturated heterocycles. The van der Waals surface area contributed by atoms with Crippen LogP contribution in [-0.4, -0.2) is 42.2 Å². The number of hydrogen-bond acceptors (Lipinski definition) is 4. The van der Waals surface area contributed by atoms with E-state index in [1.165, 1.54) is 0 Å². The van der Waals surface area contributed by atoms with Crippen molar-refractivity contribution in [3.63, 3.8) is 0 Å². The molecule has 4 heteroatoms. The maximum atomic E-state index is 12.8. The molecule has 0 aromatic heterocycles. The predicted molar refractivity (Wildman–Crippen MR) is 92.5 cm³/mol. The molecule has 3 rings (SSSR count). The Morgan fingerprint density at radius 3 is 2.12 bits per heavy atom. The number of rotatable bonds is 5. The maximum Gasteiger partial charge on any atom is 0.347 e. The summed E-state index contributed by atoms with van der Waals surface area (Å²) in [6.07, 6.45) is 2.12. The van der Waals surface area contributed by atoms with Crippen LogP contribution in [0.1, 0.15) is 24.0 Å². The maximum absolute atomic E-state index is 12.8. The normalized spacial score (nSPS) is 18.5. The van der Waals surface area contributed by atoms with Crippen molar-refractivity contribution in [2.45, 2.75) is 24.5 Å².